The molecular weight excluding hydrogens is 264 g/mol. The number of methoxy groups -OCH3 is 1. The van der Waals surface area contributed by atoms with Gasteiger partial charge in [-0.3, -0.25) is 4.90 Å². The summed E-state index contributed by atoms with van der Waals surface area (Å²) in [6.07, 6.45) is 2.57. The average Bonchev–Trinajstić information content (AvgIpc) is 2.93. The molecule has 0 amide bonds. The molecule has 106 valence electrons. The van der Waals surface area contributed by atoms with E-state index in [-0.39, 0.29) is 0 Å². The fourth-order valence-corrected chi connectivity index (χ4v) is 2.60. The summed E-state index contributed by atoms with van der Waals surface area (Å²) >= 11 is 6.21. The summed E-state index contributed by atoms with van der Waals surface area (Å²) in [7, 11) is 1.61. The molecule has 4 nitrogen and oxygen atoms in total. The highest BCUT2D eigenvalue weighted by Crippen LogP contribution is 2.36. The average molecular weight is 285 g/mol. The maximum absolute atomic E-state index is 6.21. The second kappa shape index (κ2) is 6.98. The maximum Gasteiger partial charge on any atom is 0.179 e. The fourth-order valence-electron chi connectivity index (χ4n) is 2.31. The second-order valence-corrected chi connectivity index (χ2v) is 5.12. The van der Waals surface area contributed by atoms with Crippen LogP contribution in [0.2, 0.25) is 5.02 Å². The Morgan fingerprint density at radius 2 is 2.05 bits per heavy atom. The molecule has 2 rings (SSSR count). The Balaban J connectivity index is 1.98. The highest BCUT2D eigenvalue weighted by atomic mass is 35.5. The van der Waals surface area contributed by atoms with Gasteiger partial charge in [-0.15, -0.1) is 0 Å². The number of nitrogens with zero attached hydrogens (tertiary/aromatic N) is 1. The number of hydrogen-bond acceptors (Lipinski definition) is 4. The van der Waals surface area contributed by atoms with Gasteiger partial charge in [-0.2, -0.15) is 0 Å². The van der Waals surface area contributed by atoms with Crippen molar-refractivity contribution in [1.29, 1.82) is 0 Å². The lowest BCUT2D eigenvalue weighted by Gasteiger charge is -2.17. The monoisotopic (exact) mass is 284 g/mol. The quantitative estimate of drug-likeness (QED) is 0.871. The van der Waals surface area contributed by atoms with Crippen LogP contribution in [-0.4, -0.2) is 38.3 Å². The first-order valence-electron chi connectivity index (χ1n) is 6.66. The van der Waals surface area contributed by atoms with Gasteiger partial charge in [0.25, 0.3) is 0 Å². The van der Waals surface area contributed by atoms with E-state index in [0.717, 1.165) is 12.1 Å². The molecule has 1 saturated heterocycles. The van der Waals surface area contributed by atoms with Crippen LogP contribution in [0.4, 0.5) is 0 Å². The molecule has 0 aromatic heterocycles. The lowest BCUT2D eigenvalue weighted by atomic mass is 10.2. The van der Waals surface area contributed by atoms with Gasteiger partial charge >= 0.3 is 0 Å². The third-order valence-corrected chi connectivity index (χ3v) is 3.66. The van der Waals surface area contributed by atoms with Crippen LogP contribution in [0.25, 0.3) is 0 Å². The molecule has 1 aromatic rings. The highest BCUT2D eigenvalue weighted by molar-refractivity contribution is 6.32. The Bertz CT molecular complexity index is 420. The molecule has 5 heteroatoms. The van der Waals surface area contributed by atoms with Crippen molar-refractivity contribution in [3.8, 4) is 11.5 Å². The first-order valence-corrected chi connectivity index (χ1v) is 7.04. The molecule has 0 saturated carbocycles. The summed E-state index contributed by atoms with van der Waals surface area (Å²) in [5.74, 6) is 1.26. The third-order valence-electron chi connectivity index (χ3n) is 3.38. The molecule has 1 heterocycles. The largest absolute Gasteiger partial charge is 0.493 e. The molecule has 1 aliphatic rings. The lowest BCUT2D eigenvalue weighted by molar-refractivity contribution is 0.230. The van der Waals surface area contributed by atoms with Crippen LogP contribution in [0.3, 0.4) is 0 Å². The minimum atomic E-state index is 0.435. The molecule has 1 aromatic carbocycles. The number of likely N-dealkylation sites (tertiary alicyclic amines) is 1. The Morgan fingerprint density at radius 1 is 1.32 bits per heavy atom. The van der Waals surface area contributed by atoms with Gasteiger partial charge in [0.05, 0.1) is 12.1 Å². The Kier molecular flexibility index (Phi) is 5.31. The van der Waals surface area contributed by atoms with Crippen molar-refractivity contribution in [2.24, 2.45) is 5.73 Å². The molecular formula is C14H21ClN2O2. The molecule has 1 aliphatic heterocycles. The van der Waals surface area contributed by atoms with Gasteiger partial charge in [0, 0.05) is 13.1 Å². The maximum atomic E-state index is 6.21. The van der Waals surface area contributed by atoms with Gasteiger partial charge < -0.3 is 15.2 Å². The number of halogens is 1. The van der Waals surface area contributed by atoms with Crippen LogP contribution in [0.15, 0.2) is 12.1 Å². The fraction of sp³-hybridized carbons (Fsp3) is 0.571. The van der Waals surface area contributed by atoms with E-state index < -0.39 is 0 Å². The van der Waals surface area contributed by atoms with Crippen LogP contribution < -0.4 is 15.2 Å². The zero-order chi connectivity index (χ0) is 13.7. The van der Waals surface area contributed by atoms with Gasteiger partial charge in [0.1, 0.15) is 6.61 Å². The van der Waals surface area contributed by atoms with Crippen molar-refractivity contribution in [3.05, 3.63) is 22.7 Å². The number of hydrogen-bond donors (Lipinski definition) is 1. The van der Waals surface area contributed by atoms with E-state index in [2.05, 4.69) is 4.90 Å². The first-order chi connectivity index (χ1) is 9.24. The van der Waals surface area contributed by atoms with E-state index in [9.17, 15) is 0 Å². The molecule has 0 spiro atoms. The van der Waals surface area contributed by atoms with E-state index in [1.54, 1.807) is 7.11 Å². The topological polar surface area (TPSA) is 47.7 Å². The zero-order valence-corrected chi connectivity index (χ0v) is 12.1. The van der Waals surface area contributed by atoms with Gasteiger partial charge in [-0.05, 0) is 43.6 Å². The minimum Gasteiger partial charge on any atom is -0.493 e. The normalized spacial score (nSPS) is 15.7. The molecule has 19 heavy (non-hydrogen) atoms. The molecule has 0 atom stereocenters. The standard InChI is InChI=1S/C14H21ClN2O2/c1-18-13-9-11(10-16)8-12(15)14(13)19-7-6-17-4-2-3-5-17/h8-9H,2-7,10,16H2,1H3. The first kappa shape index (κ1) is 14.4. The van der Waals surface area contributed by atoms with Crippen LogP contribution in [0, 0.1) is 0 Å². The van der Waals surface area contributed by atoms with Gasteiger partial charge in [-0.1, -0.05) is 11.6 Å². The van der Waals surface area contributed by atoms with Crippen LogP contribution in [0.5, 0.6) is 11.5 Å². The van der Waals surface area contributed by atoms with Gasteiger partial charge in [0.2, 0.25) is 0 Å². The van der Waals surface area contributed by atoms with Gasteiger partial charge in [0.15, 0.2) is 11.5 Å². The third kappa shape index (κ3) is 3.75. The molecule has 1 fully saturated rings. The summed E-state index contributed by atoms with van der Waals surface area (Å²) < 4.78 is 11.1. The van der Waals surface area contributed by atoms with Crippen molar-refractivity contribution in [2.75, 3.05) is 33.4 Å². The molecule has 0 aliphatic carbocycles. The number of ether oxygens (including phenoxy) is 2. The van der Waals surface area contributed by atoms with Crippen LogP contribution >= 0.6 is 11.6 Å². The van der Waals surface area contributed by atoms with E-state index in [4.69, 9.17) is 26.8 Å². The molecule has 0 radical (unpaired) electrons. The number of rotatable bonds is 6. The summed E-state index contributed by atoms with van der Waals surface area (Å²) in [6.45, 7) is 4.32. The summed E-state index contributed by atoms with van der Waals surface area (Å²) in [5.41, 5.74) is 6.55. The van der Waals surface area contributed by atoms with Crippen molar-refractivity contribution in [2.45, 2.75) is 19.4 Å². The van der Waals surface area contributed by atoms with Crippen molar-refractivity contribution < 1.29 is 9.47 Å². The second-order valence-electron chi connectivity index (χ2n) is 4.71. The smallest absolute Gasteiger partial charge is 0.179 e. The van der Waals surface area contributed by atoms with E-state index in [1.807, 2.05) is 12.1 Å². The molecule has 0 bridgehead atoms. The van der Waals surface area contributed by atoms with Crippen LogP contribution in [0.1, 0.15) is 18.4 Å². The van der Waals surface area contributed by atoms with Crippen molar-refractivity contribution in [1.82, 2.24) is 4.90 Å². The van der Waals surface area contributed by atoms with E-state index in [1.165, 1.54) is 25.9 Å². The summed E-state index contributed by atoms with van der Waals surface area (Å²) in [5, 5.41) is 0.557. The lowest BCUT2D eigenvalue weighted by Crippen LogP contribution is -2.25. The predicted molar refractivity (Wildman–Crippen MR) is 77.1 cm³/mol. The summed E-state index contributed by atoms with van der Waals surface area (Å²) in [6, 6.07) is 3.70. The molecule has 2 N–H and O–H groups in total. The van der Waals surface area contributed by atoms with Gasteiger partial charge in [-0.25, -0.2) is 0 Å². The molecule has 0 unspecified atom stereocenters. The Morgan fingerprint density at radius 3 is 2.68 bits per heavy atom. The summed E-state index contributed by atoms with van der Waals surface area (Å²) in [4.78, 5) is 2.40. The highest BCUT2D eigenvalue weighted by Gasteiger charge is 2.14. The Hall–Kier alpha value is -0.970. The zero-order valence-electron chi connectivity index (χ0n) is 11.3. The van der Waals surface area contributed by atoms with Crippen molar-refractivity contribution >= 4 is 11.6 Å². The van der Waals surface area contributed by atoms with E-state index in [0.29, 0.717) is 29.7 Å². The predicted octanol–water partition coefficient (Wildman–Crippen LogP) is 2.28. The number of benzene rings is 1. The number of nitrogens with two attached hydrogens (primary N) is 1. The minimum absolute atomic E-state index is 0.435. The Labute approximate surface area is 119 Å². The SMILES string of the molecule is COc1cc(CN)cc(Cl)c1OCCN1CCCC1. The van der Waals surface area contributed by atoms with Crippen LogP contribution in [-0.2, 0) is 6.54 Å². The van der Waals surface area contributed by atoms with E-state index >= 15 is 0 Å². The van der Waals surface area contributed by atoms with Crippen molar-refractivity contribution in [3.63, 3.8) is 0 Å².